The number of carbonyl (C=O) groups is 1. The van der Waals surface area contributed by atoms with Crippen LogP contribution in [0.5, 0.6) is 0 Å². The Balaban J connectivity index is 1.54. The molecule has 6 nitrogen and oxygen atoms in total. The van der Waals surface area contributed by atoms with Crippen molar-refractivity contribution in [3.05, 3.63) is 11.7 Å². The smallest absolute Gasteiger partial charge is 0.338 e. The van der Waals surface area contributed by atoms with Crippen molar-refractivity contribution in [1.29, 1.82) is 0 Å². The van der Waals surface area contributed by atoms with Crippen LogP contribution >= 0.6 is 0 Å². The van der Waals surface area contributed by atoms with E-state index >= 15 is 0 Å². The van der Waals surface area contributed by atoms with E-state index in [9.17, 15) is 18.0 Å². The molecule has 1 saturated carbocycles. The maximum atomic E-state index is 13.0. The van der Waals surface area contributed by atoms with E-state index in [1.54, 1.807) is 0 Å². The predicted octanol–water partition coefficient (Wildman–Crippen LogP) is 2.21. The summed E-state index contributed by atoms with van der Waals surface area (Å²) in [5.74, 6) is -1.22. The Kier molecular flexibility index (Phi) is 3.59. The fourth-order valence-corrected chi connectivity index (χ4v) is 4.04. The molecule has 1 aromatic heterocycles. The van der Waals surface area contributed by atoms with Gasteiger partial charge in [-0.15, -0.1) is 0 Å². The summed E-state index contributed by atoms with van der Waals surface area (Å²) < 4.78 is 42.6. The first-order valence-electron chi connectivity index (χ1n) is 8.36. The third kappa shape index (κ3) is 2.58. The maximum absolute atomic E-state index is 13.0. The van der Waals surface area contributed by atoms with Gasteiger partial charge in [0.25, 0.3) is 5.82 Å². The molecule has 9 heteroatoms. The third-order valence-electron chi connectivity index (χ3n) is 5.31. The van der Waals surface area contributed by atoms with Crippen LogP contribution in [0.1, 0.15) is 50.2 Å². The summed E-state index contributed by atoms with van der Waals surface area (Å²) in [5.41, 5.74) is -0.603. The van der Waals surface area contributed by atoms with Crippen molar-refractivity contribution in [2.75, 3.05) is 13.1 Å². The highest BCUT2D eigenvalue weighted by Crippen LogP contribution is 2.42. The third-order valence-corrected chi connectivity index (χ3v) is 5.31. The molecule has 1 aliphatic carbocycles. The molecule has 3 fully saturated rings. The van der Waals surface area contributed by atoms with Crippen molar-refractivity contribution in [2.45, 2.75) is 62.8 Å². The predicted molar refractivity (Wildman–Crippen MR) is 75.6 cm³/mol. The van der Waals surface area contributed by atoms with Crippen LogP contribution in [-0.4, -0.2) is 50.5 Å². The molecule has 4 rings (SSSR count). The van der Waals surface area contributed by atoms with Gasteiger partial charge in [-0.2, -0.15) is 18.2 Å². The van der Waals surface area contributed by atoms with E-state index in [2.05, 4.69) is 10.1 Å². The van der Waals surface area contributed by atoms with Crippen molar-refractivity contribution in [1.82, 2.24) is 19.9 Å². The molecule has 1 amide bonds. The summed E-state index contributed by atoms with van der Waals surface area (Å²) in [6, 6.07) is 0.359. The fourth-order valence-electron chi connectivity index (χ4n) is 4.04. The number of nitrogens with zero attached hydrogens (tertiary/aromatic N) is 4. The Morgan fingerprint density at radius 3 is 2.54 bits per heavy atom. The molecule has 1 spiro atoms. The van der Waals surface area contributed by atoms with Crippen molar-refractivity contribution >= 4 is 5.91 Å². The highest BCUT2D eigenvalue weighted by Gasteiger charge is 2.53. The summed E-state index contributed by atoms with van der Waals surface area (Å²) in [6.07, 6.45) is 0.764. The van der Waals surface area contributed by atoms with Gasteiger partial charge in [-0.3, -0.25) is 9.69 Å². The SMILES string of the molecule is O=C1N(C2CC2)CCCC12CCCN2Cc1nc(C(F)(F)F)no1. The molecule has 24 heavy (non-hydrogen) atoms. The zero-order valence-electron chi connectivity index (χ0n) is 13.2. The van der Waals surface area contributed by atoms with E-state index < -0.39 is 17.5 Å². The van der Waals surface area contributed by atoms with Crippen molar-refractivity contribution in [3.63, 3.8) is 0 Å². The van der Waals surface area contributed by atoms with E-state index in [-0.39, 0.29) is 18.3 Å². The van der Waals surface area contributed by atoms with Crippen LogP contribution in [0.15, 0.2) is 4.52 Å². The van der Waals surface area contributed by atoms with Gasteiger partial charge in [-0.05, 0) is 45.1 Å². The summed E-state index contributed by atoms with van der Waals surface area (Å²) in [5, 5.41) is 3.00. The van der Waals surface area contributed by atoms with Crippen molar-refractivity contribution in [3.8, 4) is 0 Å². The lowest BCUT2D eigenvalue weighted by atomic mass is 9.85. The zero-order chi connectivity index (χ0) is 16.9. The number of hydrogen-bond acceptors (Lipinski definition) is 5. The Hall–Kier alpha value is -1.64. The van der Waals surface area contributed by atoms with Crippen molar-refractivity contribution < 1.29 is 22.5 Å². The molecule has 0 bridgehead atoms. The van der Waals surface area contributed by atoms with E-state index in [0.717, 1.165) is 45.1 Å². The standard InChI is InChI=1S/C15H19F3N4O2/c16-15(17,18)12-19-11(24-20-12)9-21-7-1-5-14(21)6-2-8-22(13(14)23)10-3-4-10/h10H,1-9H2. The van der Waals surface area contributed by atoms with Crippen LogP contribution < -0.4 is 0 Å². The molecule has 132 valence electrons. The number of halogens is 3. The average Bonchev–Trinajstić information content (AvgIpc) is 3.11. The minimum Gasteiger partial charge on any atom is -0.338 e. The molecule has 0 aromatic carbocycles. The van der Waals surface area contributed by atoms with Gasteiger partial charge < -0.3 is 9.42 Å². The molecule has 0 N–H and O–H groups in total. The molecule has 2 aliphatic heterocycles. The van der Waals surface area contributed by atoms with Gasteiger partial charge >= 0.3 is 6.18 Å². The number of aromatic nitrogens is 2. The summed E-state index contributed by atoms with van der Waals surface area (Å²) in [6.45, 7) is 1.54. The van der Waals surface area contributed by atoms with Crippen LogP contribution in [0.3, 0.4) is 0 Å². The molecule has 1 aromatic rings. The zero-order valence-corrected chi connectivity index (χ0v) is 13.2. The Morgan fingerprint density at radius 2 is 1.92 bits per heavy atom. The second kappa shape index (κ2) is 5.44. The van der Waals surface area contributed by atoms with Gasteiger partial charge in [0.05, 0.1) is 6.54 Å². The first-order valence-corrected chi connectivity index (χ1v) is 8.36. The number of piperidine rings is 1. The fraction of sp³-hybridized carbons (Fsp3) is 0.800. The second-order valence-electron chi connectivity index (χ2n) is 6.90. The van der Waals surface area contributed by atoms with Gasteiger partial charge in [0, 0.05) is 12.6 Å². The number of likely N-dealkylation sites (tertiary alicyclic amines) is 2. The van der Waals surface area contributed by atoms with Gasteiger partial charge in [-0.1, -0.05) is 5.16 Å². The first-order chi connectivity index (χ1) is 11.4. The Labute approximate surface area is 137 Å². The maximum Gasteiger partial charge on any atom is 0.455 e. The van der Waals surface area contributed by atoms with Crippen LogP contribution in [0.4, 0.5) is 13.2 Å². The lowest BCUT2D eigenvalue weighted by Crippen LogP contribution is -2.60. The largest absolute Gasteiger partial charge is 0.455 e. The van der Waals surface area contributed by atoms with Crippen LogP contribution in [0.25, 0.3) is 0 Å². The minimum absolute atomic E-state index is 0.0834. The number of carbonyl (C=O) groups excluding carboxylic acids is 1. The molecule has 3 aliphatic rings. The van der Waals surface area contributed by atoms with Crippen LogP contribution in [0, 0.1) is 0 Å². The highest BCUT2D eigenvalue weighted by atomic mass is 19.4. The normalized spacial score (nSPS) is 29.0. The molecule has 0 radical (unpaired) electrons. The quantitative estimate of drug-likeness (QED) is 0.841. The number of alkyl halides is 3. The van der Waals surface area contributed by atoms with Gasteiger partial charge in [0.2, 0.25) is 11.8 Å². The van der Waals surface area contributed by atoms with Crippen molar-refractivity contribution in [2.24, 2.45) is 0 Å². The summed E-state index contributed by atoms with van der Waals surface area (Å²) in [7, 11) is 0. The number of amides is 1. The molecule has 1 atom stereocenters. The first kappa shape index (κ1) is 15.9. The second-order valence-corrected chi connectivity index (χ2v) is 6.90. The summed E-state index contributed by atoms with van der Waals surface area (Å²) in [4.78, 5) is 20.4. The van der Waals surface area contributed by atoms with Gasteiger partial charge in [0.1, 0.15) is 5.54 Å². The molecular weight excluding hydrogens is 325 g/mol. The lowest BCUT2D eigenvalue weighted by molar-refractivity contribution is -0.149. The Bertz CT molecular complexity index is 643. The Morgan fingerprint density at radius 1 is 1.21 bits per heavy atom. The van der Waals surface area contributed by atoms with E-state index in [1.807, 2.05) is 9.80 Å². The van der Waals surface area contributed by atoms with Gasteiger partial charge in [0.15, 0.2) is 0 Å². The number of rotatable bonds is 3. The van der Waals surface area contributed by atoms with E-state index in [1.165, 1.54) is 0 Å². The van der Waals surface area contributed by atoms with Gasteiger partial charge in [-0.25, -0.2) is 0 Å². The monoisotopic (exact) mass is 344 g/mol. The minimum atomic E-state index is -4.62. The highest BCUT2D eigenvalue weighted by molar-refractivity contribution is 5.88. The van der Waals surface area contributed by atoms with E-state index in [4.69, 9.17) is 4.52 Å². The van der Waals surface area contributed by atoms with E-state index in [0.29, 0.717) is 12.6 Å². The molecule has 1 unspecified atom stereocenters. The van der Waals surface area contributed by atoms with Crippen LogP contribution in [0.2, 0.25) is 0 Å². The number of hydrogen-bond donors (Lipinski definition) is 0. The molecule has 3 heterocycles. The topological polar surface area (TPSA) is 62.5 Å². The molecular formula is C15H19F3N4O2. The van der Waals surface area contributed by atoms with Crippen LogP contribution in [-0.2, 0) is 17.5 Å². The summed E-state index contributed by atoms with van der Waals surface area (Å²) >= 11 is 0. The average molecular weight is 344 g/mol. The molecule has 2 saturated heterocycles. The lowest BCUT2D eigenvalue weighted by Gasteiger charge is -2.44.